The third-order valence-electron chi connectivity index (χ3n) is 4.42. The Kier molecular flexibility index (Phi) is 5.08. The van der Waals surface area contributed by atoms with Crippen LogP contribution in [0.25, 0.3) is 10.8 Å². The van der Waals surface area contributed by atoms with Gasteiger partial charge in [0.05, 0.1) is 12.0 Å². The van der Waals surface area contributed by atoms with Crippen LogP contribution in [0, 0.1) is 13.8 Å². The maximum Gasteiger partial charge on any atom is 0.263 e. The Bertz CT molecular complexity index is 1100. The zero-order valence-electron chi connectivity index (χ0n) is 15.7. The fourth-order valence-corrected chi connectivity index (χ4v) is 3.92. The monoisotopic (exact) mass is 392 g/mol. The number of hydrogen-bond acceptors (Lipinski definition) is 5. The Morgan fingerprint density at radius 3 is 2.71 bits per heavy atom. The van der Waals surface area contributed by atoms with Crippen LogP contribution in [0.15, 0.2) is 59.5 Å². The Hall–Kier alpha value is -3.19. The summed E-state index contributed by atoms with van der Waals surface area (Å²) in [6.07, 6.45) is 5.47. The average molecular weight is 392 g/mol. The van der Waals surface area contributed by atoms with E-state index >= 15 is 0 Å². The molecule has 4 rings (SSSR count). The molecule has 28 heavy (non-hydrogen) atoms. The topological polar surface area (TPSA) is 73.0 Å². The van der Waals surface area contributed by atoms with Gasteiger partial charge in [-0.15, -0.1) is 11.3 Å². The second-order valence-electron chi connectivity index (χ2n) is 6.53. The molecule has 0 atom stereocenters. The summed E-state index contributed by atoms with van der Waals surface area (Å²) >= 11 is 1.35. The molecule has 0 aliphatic heterocycles. The average Bonchev–Trinajstić information content (AvgIpc) is 3.42. The lowest BCUT2D eigenvalue weighted by atomic mass is 10.1. The lowest BCUT2D eigenvalue weighted by Gasteiger charge is -2.11. The van der Waals surface area contributed by atoms with Gasteiger partial charge in [0.15, 0.2) is 10.8 Å². The van der Waals surface area contributed by atoms with E-state index in [1.807, 2.05) is 54.9 Å². The smallest absolute Gasteiger partial charge is 0.263 e. The van der Waals surface area contributed by atoms with Crippen LogP contribution in [-0.2, 0) is 13.1 Å². The van der Waals surface area contributed by atoms with Crippen molar-refractivity contribution in [1.29, 1.82) is 0 Å². The highest BCUT2D eigenvalue weighted by Crippen LogP contribution is 2.29. The van der Waals surface area contributed by atoms with Gasteiger partial charge >= 0.3 is 0 Å². The molecule has 0 radical (unpaired) electrons. The Balaban J connectivity index is 1.47. The maximum absolute atomic E-state index is 12.7. The van der Waals surface area contributed by atoms with E-state index < -0.39 is 0 Å². The van der Waals surface area contributed by atoms with Crippen molar-refractivity contribution < 1.29 is 9.21 Å². The SMILES string of the molecule is Cc1ccc(-c2nc(C)c(C(=O)NCc3ccccc3Cn3ccnc3)s2)o1. The van der Waals surface area contributed by atoms with Crippen molar-refractivity contribution in [2.45, 2.75) is 26.9 Å². The van der Waals surface area contributed by atoms with Crippen molar-refractivity contribution in [1.82, 2.24) is 19.9 Å². The number of aryl methyl sites for hydroxylation is 2. The molecule has 0 aliphatic carbocycles. The van der Waals surface area contributed by atoms with Crippen molar-refractivity contribution in [3.8, 4) is 10.8 Å². The van der Waals surface area contributed by atoms with Gasteiger partial charge in [-0.05, 0) is 37.1 Å². The quantitative estimate of drug-likeness (QED) is 0.534. The lowest BCUT2D eigenvalue weighted by molar-refractivity contribution is 0.0954. The summed E-state index contributed by atoms with van der Waals surface area (Å²) in [5.74, 6) is 1.39. The molecule has 3 aromatic heterocycles. The van der Waals surface area contributed by atoms with Gasteiger partial charge in [-0.1, -0.05) is 24.3 Å². The molecule has 6 nitrogen and oxygen atoms in total. The van der Waals surface area contributed by atoms with E-state index in [1.54, 1.807) is 12.5 Å². The van der Waals surface area contributed by atoms with Crippen LogP contribution in [0.2, 0.25) is 0 Å². The summed E-state index contributed by atoms with van der Waals surface area (Å²) in [5.41, 5.74) is 2.93. The van der Waals surface area contributed by atoms with Crippen LogP contribution in [0.4, 0.5) is 0 Å². The number of imidazole rings is 1. The number of benzene rings is 1. The predicted molar refractivity (Wildman–Crippen MR) is 108 cm³/mol. The number of carbonyl (C=O) groups excluding carboxylic acids is 1. The first-order chi connectivity index (χ1) is 13.6. The fraction of sp³-hybridized carbons (Fsp3) is 0.190. The number of aromatic nitrogens is 3. The first-order valence-corrected chi connectivity index (χ1v) is 9.77. The van der Waals surface area contributed by atoms with Gasteiger partial charge in [0.25, 0.3) is 5.91 Å². The second-order valence-corrected chi connectivity index (χ2v) is 7.53. The number of hydrogen-bond donors (Lipinski definition) is 1. The predicted octanol–water partition coefficient (Wildman–Crippen LogP) is 4.19. The van der Waals surface area contributed by atoms with Gasteiger partial charge in [0.1, 0.15) is 10.6 Å². The number of carbonyl (C=O) groups is 1. The van der Waals surface area contributed by atoms with Crippen molar-refractivity contribution >= 4 is 17.2 Å². The molecule has 0 bridgehead atoms. The zero-order valence-corrected chi connectivity index (χ0v) is 16.5. The van der Waals surface area contributed by atoms with E-state index in [-0.39, 0.29) is 5.91 Å². The summed E-state index contributed by atoms with van der Waals surface area (Å²) in [7, 11) is 0. The Morgan fingerprint density at radius 2 is 2.00 bits per heavy atom. The van der Waals surface area contributed by atoms with Crippen LogP contribution < -0.4 is 5.32 Å². The van der Waals surface area contributed by atoms with Gasteiger partial charge in [-0.3, -0.25) is 4.79 Å². The van der Waals surface area contributed by atoms with Gasteiger partial charge in [-0.25, -0.2) is 9.97 Å². The molecule has 1 amide bonds. The number of amides is 1. The van der Waals surface area contributed by atoms with Crippen LogP contribution in [0.3, 0.4) is 0 Å². The van der Waals surface area contributed by atoms with E-state index in [1.165, 1.54) is 11.3 Å². The summed E-state index contributed by atoms with van der Waals surface area (Å²) in [4.78, 5) is 21.9. The minimum atomic E-state index is -0.123. The van der Waals surface area contributed by atoms with Crippen molar-refractivity contribution in [3.05, 3.63) is 82.6 Å². The third kappa shape index (κ3) is 3.89. The molecule has 142 valence electrons. The first kappa shape index (κ1) is 18.2. The van der Waals surface area contributed by atoms with Crippen molar-refractivity contribution in [3.63, 3.8) is 0 Å². The lowest BCUT2D eigenvalue weighted by Crippen LogP contribution is -2.23. The van der Waals surface area contributed by atoms with Gasteiger partial charge < -0.3 is 14.3 Å². The molecule has 0 saturated heterocycles. The third-order valence-corrected chi connectivity index (χ3v) is 5.59. The van der Waals surface area contributed by atoms with Crippen LogP contribution >= 0.6 is 11.3 Å². The highest BCUT2D eigenvalue weighted by molar-refractivity contribution is 7.17. The van der Waals surface area contributed by atoms with E-state index in [2.05, 4.69) is 21.4 Å². The van der Waals surface area contributed by atoms with Gasteiger partial charge in [0, 0.05) is 25.5 Å². The van der Waals surface area contributed by atoms with E-state index in [9.17, 15) is 4.79 Å². The Morgan fingerprint density at radius 1 is 1.18 bits per heavy atom. The number of rotatable bonds is 6. The zero-order chi connectivity index (χ0) is 19.5. The minimum absolute atomic E-state index is 0.123. The molecule has 0 spiro atoms. The number of nitrogens with one attached hydrogen (secondary N) is 1. The highest BCUT2D eigenvalue weighted by atomic mass is 32.1. The second kappa shape index (κ2) is 7.82. The molecule has 1 aromatic carbocycles. The summed E-state index contributed by atoms with van der Waals surface area (Å²) in [5, 5.41) is 3.74. The fourth-order valence-electron chi connectivity index (χ4n) is 2.98. The maximum atomic E-state index is 12.7. The number of thiazole rings is 1. The molecular weight excluding hydrogens is 372 g/mol. The summed E-state index contributed by atoms with van der Waals surface area (Å²) in [6, 6.07) is 11.8. The van der Waals surface area contributed by atoms with E-state index in [0.717, 1.165) is 21.9 Å². The minimum Gasteiger partial charge on any atom is -0.459 e. The largest absolute Gasteiger partial charge is 0.459 e. The molecule has 0 unspecified atom stereocenters. The van der Waals surface area contributed by atoms with Crippen LogP contribution in [-0.4, -0.2) is 20.4 Å². The first-order valence-electron chi connectivity index (χ1n) is 8.95. The van der Waals surface area contributed by atoms with Crippen molar-refractivity contribution in [2.24, 2.45) is 0 Å². The van der Waals surface area contributed by atoms with Crippen molar-refractivity contribution in [2.75, 3.05) is 0 Å². The summed E-state index contributed by atoms with van der Waals surface area (Å²) < 4.78 is 7.63. The Labute approximate surface area is 166 Å². The molecule has 0 saturated carbocycles. The highest BCUT2D eigenvalue weighted by Gasteiger charge is 2.18. The standard InChI is InChI=1S/C21H20N4O2S/c1-14-7-8-18(27-14)21-24-15(2)19(28-21)20(26)23-11-16-5-3-4-6-17(16)12-25-10-9-22-13-25/h3-10,13H,11-12H2,1-2H3,(H,23,26). The van der Waals surface area contributed by atoms with Gasteiger partial charge in [0.2, 0.25) is 0 Å². The normalized spacial score (nSPS) is 10.9. The summed E-state index contributed by atoms with van der Waals surface area (Å²) in [6.45, 7) is 4.90. The number of furan rings is 1. The molecule has 0 aliphatic rings. The number of nitrogens with zero attached hydrogens (tertiary/aromatic N) is 3. The molecular formula is C21H20N4O2S. The molecule has 4 aromatic rings. The van der Waals surface area contributed by atoms with Gasteiger partial charge in [-0.2, -0.15) is 0 Å². The van der Waals surface area contributed by atoms with Crippen LogP contribution in [0.5, 0.6) is 0 Å². The molecule has 3 heterocycles. The molecule has 7 heteroatoms. The molecule has 0 fully saturated rings. The van der Waals surface area contributed by atoms with E-state index in [0.29, 0.717) is 29.4 Å². The molecule has 1 N–H and O–H groups in total. The van der Waals surface area contributed by atoms with E-state index in [4.69, 9.17) is 4.42 Å². The van der Waals surface area contributed by atoms with Crippen LogP contribution in [0.1, 0.15) is 32.3 Å².